The van der Waals surface area contributed by atoms with Gasteiger partial charge in [-0.1, -0.05) is 29.8 Å². The van der Waals surface area contributed by atoms with Gasteiger partial charge in [0.1, 0.15) is 18.0 Å². The maximum Gasteiger partial charge on any atom is 0.134 e. The Morgan fingerprint density at radius 2 is 2.06 bits per heavy atom. The molecule has 0 fully saturated rings. The molecular weight excluding hydrogens is 224 g/mol. The molecule has 0 aliphatic heterocycles. The minimum absolute atomic E-state index is 0.531. The number of rotatable bonds is 4. The van der Waals surface area contributed by atoms with Gasteiger partial charge in [0.15, 0.2) is 0 Å². The van der Waals surface area contributed by atoms with Gasteiger partial charge in [0, 0.05) is 12.1 Å². The molecule has 0 unspecified atom stereocenters. The molecule has 0 atom stereocenters. The van der Waals surface area contributed by atoms with Crippen molar-refractivity contribution in [1.82, 2.24) is 9.97 Å². The van der Waals surface area contributed by atoms with Crippen LogP contribution >= 0.6 is 0 Å². The Morgan fingerprint density at radius 3 is 2.83 bits per heavy atom. The zero-order valence-electron chi connectivity index (χ0n) is 10.8. The van der Waals surface area contributed by atoms with Crippen molar-refractivity contribution in [2.75, 3.05) is 17.6 Å². The molecule has 94 valence electrons. The first-order valence-corrected chi connectivity index (χ1v) is 6.03. The van der Waals surface area contributed by atoms with Crippen molar-refractivity contribution in [3.63, 3.8) is 0 Å². The molecule has 4 nitrogen and oxygen atoms in total. The van der Waals surface area contributed by atoms with Gasteiger partial charge in [-0.05, 0) is 25.8 Å². The summed E-state index contributed by atoms with van der Waals surface area (Å²) in [5.41, 5.74) is 9.25. The van der Waals surface area contributed by atoms with Gasteiger partial charge in [0.05, 0.1) is 0 Å². The minimum atomic E-state index is 0.531. The maximum atomic E-state index is 5.73. The average Bonchev–Trinajstić information content (AvgIpc) is 2.35. The maximum absolute atomic E-state index is 5.73. The third-order valence-electron chi connectivity index (χ3n) is 2.91. The Morgan fingerprint density at radius 1 is 1.22 bits per heavy atom. The number of aryl methyl sites for hydroxylation is 1. The van der Waals surface area contributed by atoms with Crippen LogP contribution in [-0.2, 0) is 6.42 Å². The fourth-order valence-electron chi connectivity index (χ4n) is 1.83. The van der Waals surface area contributed by atoms with E-state index >= 15 is 0 Å². The highest BCUT2D eigenvalue weighted by Crippen LogP contribution is 2.14. The molecule has 0 bridgehead atoms. The average molecular weight is 242 g/mol. The number of nitrogens with one attached hydrogen (secondary N) is 1. The fraction of sp³-hybridized carbons (Fsp3) is 0.286. The molecule has 0 aliphatic rings. The van der Waals surface area contributed by atoms with Crippen molar-refractivity contribution in [2.45, 2.75) is 20.3 Å². The summed E-state index contributed by atoms with van der Waals surface area (Å²) >= 11 is 0. The van der Waals surface area contributed by atoms with E-state index in [2.05, 4.69) is 46.5 Å². The summed E-state index contributed by atoms with van der Waals surface area (Å²) in [4.78, 5) is 8.13. The predicted molar refractivity (Wildman–Crippen MR) is 74.6 cm³/mol. The van der Waals surface area contributed by atoms with Gasteiger partial charge in [-0.15, -0.1) is 0 Å². The number of nitrogens with two attached hydrogens (primary N) is 1. The van der Waals surface area contributed by atoms with E-state index in [9.17, 15) is 0 Å². The fourth-order valence-corrected chi connectivity index (χ4v) is 1.83. The van der Waals surface area contributed by atoms with Gasteiger partial charge in [-0.25, -0.2) is 9.97 Å². The lowest BCUT2D eigenvalue weighted by molar-refractivity contribution is 0.991. The van der Waals surface area contributed by atoms with Crippen LogP contribution in [0.3, 0.4) is 0 Å². The monoisotopic (exact) mass is 242 g/mol. The van der Waals surface area contributed by atoms with Crippen molar-refractivity contribution in [3.8, 4) is 0 Å². The molecular formula is C14H18N4. The first-order valence-electron chi connectivity index (χ1n) is 6.03. The van der Waals surface area contributed by atoms with Crippen LogP contribution in [0.15, 0.2) is 30.6 Å². The topological polar surface area (TPSA) is 63.8 Å². The van der Waals surface area contributed by atoms with Crippen LogP contribution in [0, 0.1) is 13.8 Å². The van der Waals surface area contributed by atoms with Crippen LogP contribution in [0.25, 0.3) is 0 Å². The highest BCUT2D eigenvalue weighted by atomic mass is 15.0. The minimum Gasteiger partial charge on any atom is -0.383 e. The molecule has 1 heterocycles. The second-order valence-electron chi connectivity index (χ2n) is 4.40. The van der Waals surface area contributed by atoms with Gasteiger partial charge < -0.3 is 11.1 Å². The summed E-state index contributed by atoms with van der Waals surface area (Å²) in [6, 6.07) is 8.52. The normalized spacial score (nSPS) is 10.3. The second kappa shape index (κ2) is 5.49. The third kappa shape index (κ3) is 2.97. The first kappa shape index (κ1) is 12.4. The molecule has 0 spiro atoms. The lowest BCUT2D eigenvalue weighted by Gasteiger charge is -2.09. The second-order valence-corrected chi connectivity index (χ2v) is 4.40. The van der Waals surface area contributed by atoms with Gasteiger partial charge in [0.25, 0.3) is 0 Å². The van der Waals surface area contributed by atoms with E-state index in [0.29, 0.717) is 5.82 Å². The summed E-state index contributed by atoms with van der Waals surface area (Å²) in [5.74, 6) is 1.35. The van der Waals surface area contributed by atoms with Crippen molar-refractivity contribution in [1.29, 1.82) is 0 Å². The van der Waals surface area contributed by atoms with Crippen LogP contribution in [0.1, 0.15) is 16.7 Å². The van der Waals surface area contributed by atoms with E-state index in [-0.39, 0.29) is 0 Å². The number of hydrogen-bond donors (Lipinski definition) is 2. The quantitative estimate of drug-likeness (QED) is 0.863. The molecule has 1 aromatic heterocycles. The summed E-state index contributed by atoms with van der Waals surface area (Å²) in [7, 11) is 0. The van der Waals surface area contributed by atoms with Gasteiger partial charge >= 0.3 is 0 Å². The number of benzene rings is 1. The molecule has 1 aromatic carbocycles. The van der Waals surface area contributed by atoms with Crippen molar-refractivity contribution < 1.29 is 0 Å². The van der Waals surface area contributed by atoms with Crippen LogP contribution in [0.4, 0.5) is 11.6 Å². The summed E-state index contributed by atoms with van der Waals surface area (Å²) in [6.07, 6.45) is 2.45. The van der Waals surface area contributed by atoms with Crippen molar-refractivity contribution >= 4 is 11.6 Å². The summed E-state index contributed by atoms with van der Waals surface area (Å²) in [5, 5.41) is 3.29. The van der Waals surface area contributed by atoms with E-state index in [1.807, 2.05) is 6.92 Å². The lowest BCUT2D eigenvalue weighted by atomic mass is 10.1. The molecule has 0 radical (unpaired) electrons. The third-order valence-corrected chi connectivity index (χ3v) is 2.91. The Balaban J connectivity index is 1.94. The first-order chi connectivity index (χ1) is 8.66. The highest BCUT2D eigenvalue weighted by Gasteiger charge is 2.03. The van der Waals surface area contributed by atoms with Crippen molar-refractivity contribution in [3.05, 3.63) is 47.3 Å². The number of aromatic nitrogens is 2. The molecule has 18 heavy (non-hydrogen) atoms. The van der Waals surface area contributed by atoms with Crippen molar-refractivity contribution in [2.24, 2.45) is 0 Å². The number of nitrogens with zero attached hydrogens (tertiary/aromatic N) is 2. The number of anilines is 2. The zero-order valence-corrected chi connectivity index (χ0v) is 10.8. The van der Waals surface area contributed by atoms with Crippen LogP contribution in [0.2, 0.25) is 0 Å². The summed E-state index contributed by atoms with van der Waals surface area (Å²) in [6.45, 7) is 4.86. The molecule has 0 saturated heterocycles. The Kier molecular flexibility index (Phi) is 3.77. The Hall–Kier alpha value is -2.10. The summed E-state index contributed by atoms with van der Waals surface area (Å²) < 4.78 is 0. The molecule has 0 aliphatic carbocycles. The Bertz CT molecular complexity index is 537. The molecule has 4 heteroatoms. The van der Waals surface area contributed by atoms with Crippen LogP contribution in [-0.4, -0.2) is 16.5 Å². The number of nitrogen functional groups attached to an aromatic ring is 1. The molecule has 2 rings (SSSR count). The smallest absolute Gasteiger partial charge is 0.134 e. The molecule has 2 aromatic rings. The molecule has 0 amide bonds. The highest BCUT2D eigenvalue weighted by molar-refractivity contribution is 5.53. The van der Waals surface area contributed by atoms with Crippen LogP contribution < -0.4 is 11.1 Å². The van der Waals surface area contributed by atoms with Gasteiger partial charge in [-0.3, -0.25) is 0 Å². The standard InChI is InChI=1S/C14H18N4/c1-10-4-3-5-12(8-10)6-7-16-14-11(2)13(15)17-9-18-14/h3-5,8-9H,6-7H2,1-2H3,(H3,15,16,17,18). The molecule has 0 saturated carbocycles. The van der Waals surface area contributed by atoms with E-state index in [0.717, 1.165) is 24.3 Å². The van der Waals surface area contributed by atoms with E-state index < -0.39 is 0 Å². The number of hydrogen-bond acceptors (Lipinski definition) is 4. The zero-order chi connectivity index (χ0) is 13.0. The largest absolute Gasteiger partial charge is 0.383 e. The Labute approximate surface area is 107 Å². The van der Waals surface area contributed by atoms with E-state index in [1.165, 1.54) is 17.5 Å². The van der Waals surface area contributed by atoms with E-state index in [4.69, 9.17) is 5.73 Å². The SMILES string of the molecule is Cc1cccc(CCNc2ncnc(N)c2C)c1. The van der Waals surface area contributed by atoms with Gasteiger partial charge in [-0.2, -0.15) is 0 Å². The van der Waals surface area contributed by atoms with Gasteiger partial charge in [0.2, 0.25) is 0 Å². The lowest BCUT2D eigenvalue weighted by Crippen LogP contribution is -2.09. The predicted octanol–water partition coefficient (Wildman–Crippen LogP) is 2.33. The van der Waals surface area contributed by atoms with E-state index in [1.54, 1.807) is 0 Å². The van der Waals surface area contributed by atoms with Crippen LogP contribution in [0.5, 0.6) is 0 Å². The molecule has 3 N–H and O–H groups in total.